The third kappa shape index (κ3) is 3.59. The van der Waals surface area contributed by atoms with Crippen LogP contribution in [-0.2, 0) is 6.54 Å². The molecule has 20 heavy (non-hydrogen) atoms. The monoisotopic (exact) mass is 295 g/mol. The van der Waals surface area contributed by atoms with Gasteiger partial charge in [-0.1, -0.05) is 0 Å². The van der Waals surface area contributed by atoms with E-state index in [0.717, 1.165) is 39.7 Å². The van der Waals surface area contributed by atoms with Crippen LogP contribution in [0.5, 0.6) is 11.5 Å². The molecule has 1 aromatic heterocycles. The van der Waals surface area contributed by atoms with E-state index < -0.39 is 0 Å². The van der Waals surface area contributed by atoms with Gasteiger partial charge in [0.1, 0.15) is 5.01 Å². The van der Waals surface area contributed by atoms with Gasteiger partial charge < -0.3 is 20.1 Å². The van der Waals surface area contributed by atoms with Crippen LogP contribution < -0.4 is 15.2 Å². The fourth-order valence-corrected chi connectivity index (χ4v) is 2.76. The van der Waals surface area contributed by atoms with E-state index in [1.807, 2.05) is 12.1 Å². The number of hydrogen-bond donors (Lipinski definition) is 1. The lowest BCUT2D eigenvalue weighted by Crippen LogP contribution is -2.15. The van der Waals surface area contributed by atoms with Crippen molar-refractivity contribution in [3.05, 3.63) is 17.1 Å². The van der Waals surface area contributed by atoms with E-state index >= 15 is 0 Å². The summed E-state index contributed by atoms with van der Waals surface area (Å²) in [5.41, 5.74) is 6.55. The first-order valence-electron chi connectivity index (χ1n) is 6.59. The maximum atomic E-state index is 5.81. The van der Waals surface area contributed by atoms with Crippen LogP contribution in [-0.4, -0.2) is 44.2 Å². The van der Waals surface area contributed by atoms with Crippen molar-refractivity contribution in [3.8, 4) is 11.5 Å². The molecular formula is C14H21N3O2S. The maximum Gasteiger partial charge on any atom is 0.163 e. The van der Waals surface area contributed by atoms with Crippen molar-refractivity contribution in [2.45, 2.75) is 13.0 Å². The Bertz CT molecular complexity index is 569. The van der Waals surface area contributed by atoms with E-state index in [1.165, 1.54) is 0 Å². The van der Waals surface area contributed by atoms with Gasteiger partial charge in [0.25, 0.3) is 0 Å². The molecule has 1 heterocycles. The summed E-state index contributed by atoms with van der Waals surface area (Å²) in [5, 5.41) is 0.923. The lowest BCUT2D eigenvalue weighted by atomic mass is 10.3. The molecular weight excluding hydrogens is 274 g/mol. The van der Waals surface area contributed by atoms with E-state index in [0.29, 0.717) is 13.2 Å². The van der Waals surface area contributed by atoms with Gasteiger partial charge in [0.2, 0.25) is 0 Å². The number of nitrogens with two attached hydrogens (primary N) is 1. The highest BCUT2D eigenvalue weighted by atomic mass is 32.1. The van der Waals surface area contributed by atoms with Gasteiger partial charge in [-0.15, -0.1) is 11.3 Å². The number of fused-ring (bicyclic) bond motifs is 1. The Kier molecular flexibility index (Phi) is 5.17. The Morgan fingerprint density at radius 3 is 2.75 bits per heavy atom. The van der Waals surface area contributed by atoms with Crippen LogP contribution in [0.4, 0.5) is 0 Å². The summed E-state index contributed by atoms with van der Waals surface area (Å²) in [6.07, 6.45) is 0.972. The van der Waals surface area contributed by atoms with E-state index in [9.17, 15) is 0 Å². The molecule has 0 spiro atoms. The minimum atomic E-state index is 0.459. The predicted molar refractivity (Wildman–Crippen MR) is 82.7 cm³/mol. The van der Waals surface area contributed by atoms with E-state index in [1.54, 1.807) is 18.4 Å². The molecule has 0 aliphatic carbocycles. The molecule has 0 saturated heterocycles. The molecule has 0 saturated carbocycles. The lowest BCUT2D eigenvalue weighted by Gasteiger charge is -2.12. The van der Waals surface area contributed by atoms with E-state index in [2.05, 4.69) is 24.0 Å². The lowest BCUT2D eigenvalue weighted by molar-refractivity contribution is 0.268. The molecule has 5 nitrogen and oxygen atoms in total. The molecule has 0 radical (unpaired) electrons. The quantitative estimate of drug-likeness (QED) is 0.793. The summed E-state index contributed by atoms with van der Waals surface area (Å²) in [6.45, 7) is 2.12. The number of rotatable bonds is 7. The van der Waals surface area contributed by atoms with Crippen molar-refractivity contribution < 1.29 is 9.47 Å². The maximum absolute atomic E-state index is 5.81. The van der Waals surface area contributed by atoms with Gasteiger partial charge in [0.05, 0.1) is 23.9 Å². The number of aromatic nitrogens is 1. The predicted octanol–water partition coefficient (Wildman–Crippen LogP) is 2.09. The highest BCUT2D eigenvalue weighted by Crippen LogP contribution is 2.34. The molecule has 0 aliphatic rings. The van der Waals surface area contributed by atoms with Gasteiger partial charge in [0, 0.05) is 25.2 Å². The summed E-state index contributed by atoms with van der Waals surface area (Å²) < 4.78 is 12.3. The van der Waals surface area contributed by atoms with Crippen molar-refractivity contribution in [2.24, 2.45) is 5.73 Å². The Hall–Kier alpha value is -1.37. The first kappa shape index (κ1) is 15.0. The Balaban J connectivity index is 2.13. The topological polar surface area (TPSA) is 60.6 Å². The summed E-state index contributed by atoms with van der Waals surface area (Å²) in [4.78, 5) is 6.61. The third-order valence-corrected chi connectivity index (χ3v) is 3.94. The molecule has 1 aromatic carbocycles. The molecule has 0 unspecified atom stereocenters. The number of nitrogens with zero attached hydrogens (tertiary/aromatic N) is 2. The van der Waals surface area contributed by atoms with Crippen LogP contribution in [0.15, 0.2) is 12.1 Å². The van der Waals surface area contributed by atoms with Crippen LogP contribution in [0, 0.1) is 0 Å². The second kappa shape index (κ2) is 6.88. The minimum absolute atomic E-state index is 0.459. The molecule has 110 valence electrons. The van der Waals surface area contributed by atoms with Crippen molar-refractivity contribution in [2.75, 3.05) is 34.4 Å². The molecule has 0 aliphatic heterocycles. The second-order valence-corrected chi connectivity index (χ2v) is 5.90. The highest BCUT2D eigenvalue weighted by Gasteiger charge is 2.10. The van der Waals surface area contributed by atoms with Crippen molar-refractivity contribution in [3.63, 3.8) is 0 Å². The first-order chi connectivity index (χ1) is 9.63. The molecule has 0 bridgehead atoms. The SMILES string of the molecule is COc1cc2sc(CN)nc2cc1OCCCN(C)C. The van der Waals surface area contributed by atoms with Gasteiger partial charge in [0.15, 0.2) is 11.5 Å². The second-order valence-electron chi connectivity index (χ2n) is 4.79. The summed E-state index contributed by atoms with van der Waals surface area (Å²) in [7, 11) is 5.76. The van der Waals surface area contributed by atoms with Crippen molar-refractivity contribution in [1.82, 2.24) is 9.88 Å². The zero-order valence-corrected chi connectivity index (χ0v) is 13.0. The number of benzene rings is 1. The zero-order chi connectivity index (χ0) is 14.5. The van der Waals surface area contributed by atoms with Crippen LogP contribution in [0.1, 0.15) is 11.4 Å². The fraction of sp³-hybridized carbons (Fsp3) is 0.500. The normalized spacial score (nSPS) is 11.2. The largest absolute Gasteiger partial charge is 0.493 e. The standard InChI is InChI=1S/C14H21N3O2S/c1-17(2)5-4-6-19-12-7-10-13(8-11(12)18-3)20-14(9-15)16-10/h7-8H,4-6,9,15H2,1-3H3. The average molecular weight is 295 g/mol. The summed E-state index contributed by atoms with van der Waals surface area (Å²) in [5.74, 6) is 1.49. The number of methoxy groups -OCH3 is 1. The Labute approximate surface area is 123 Å². The average Bonchev–Trinajstić information content (AvgIpc) is 2.84. The molecule has 0 amide bonds. The molecule has 0 fully saturated rings. The van der Waals surface area contributed by atoms with Crippen LogP contribution in [0.25, 0.3) is 10.2 Å². The summed E-state index contributed by atoms with van der Waals surface area (Å²) >= 11 is 1.59. The first-order valence-corrected chi connectivity index (χ1v) is 7.40. The van der Waals surface area contributed by atoms with Crippen molar-refractivity contribution in [1.29, 1.82) is 0 Å². The highest BCUT2D eigenvalue weighted by molar-refractivity contribution is 7.18. The molecule has 6 heteroatoms. The van der Waals surface area contributed by atoms with Gasteiger partial charge in [-0.25, -0.2) is 4.98 Å². The minimum Gasteiger partial charge on any atom is -0.493 e. The van der Waals surface area contributed by atoms with Crippen molar-refractivity contribution >= 4 is 21.6 Å². The van der Waals surface area contributed by atoms with Gasteiger partial charge >= 0.3 is 0 Å². The van der Waals surface area contributed by atoms with E-state index in [-0.39, 0.29) is 0 Å². The smallest absolute Gasteiger partial charge is 0.163 e. The number of hydrogen-bond acceptors (Lipinski definition) is 6. The molecule has 2 rings (SSSR count). The Morgan fingerprint density at radius 1 is 1.30 bits per heavy atom. The fourth-order valence-electron chi connectivity index (χ4n) is 1.91. The Morgan fingerprint density at radius 2 is 2.10 bits per heavy atom. The molecule has 2 aromatic rings. The van der Waals surface area contributed by atoms with Crippen LogP contribution >= 0.6 is 11.3 Å². The van der Waals surface area contributed by atoms with Crippen LogP contribution in [0.2, 0.25) is 0 Å². The van der Waals surface area contributed by atoms with E-state index in [4.69, 9.17) is 15.2 Å². The van der Waals surface area contributed by atoms with Gasteiger partial charge in [-0.2, -0.15) is 0 Å². The van der Waals surface area contributed by atoms with Gasteiger partial charge in [-0.05, 0) is 20.5 Å². The molecule has 2 N–H and O–H groups in total. The zero-order valence-electron chi connectivity index (χ0n) is 12.2. The third-order valence-electron chi connectivity index (χ3n) is 2.90. The van der Waals surface area contributed by atoms with Gasteiger partial charge in [-0.3, -0.25) is 0 Å². The number of ether oxygens (including phenoxy) is 2. The van der Waals surface area contributed by atoms with Crippen LogP contribution in [0.3, 0.4) is 0 Å². The summed E-state index contributed by atoms with van der Waals surface area (Å²) in [6, 6.07) is 3.90. The number of thiazole rings is 1. The molecule has 0 atom stereocenters.